The van der Waals surface area contributed by atoms with Crippen molar-refractivity contribution in [2.45, 2.75) is 12.8 Å². The van der Waals surface area contributed by atoms with Crippen molar-refractivity contribution < 1.29 is 34.0 Å². The number of amides is 2. The second kappa shape index (κ2) is 12.9. The standard InChI is InChI=1S/C27H30N2O7/c1-34-20-8-10-22(24(30)16-20)26(32)28-13-3-15-36-19-6-4-18(5-7-19)12-14-29-27(33)23-11-9-21(35-2)17-25(23)31/h4-11,16-17,30-31H,3,12-15H2,1-2H3,(H,28,32)(H,29,33). The molecule has 0 atom stereocenters. The van der Waals surface area contributed by atoms with Gasteiger partial charge in [-0.1, -0.05) is 12.1 Å². The third-order valence-corrected chi connectivity index (χ3v) is 5.40. The molecule has 36 heavy (non-hydrogen) atoms. The molecule has 0 aliphatic carbocycles. The SMILES string of the molecule is COc1ccc(C(=O)NCCCOc2ccc(CCNC(=O)c3ccc(OC)cc3O)cc2)c(O)c1. The molecule has 0 aliphatic rings. The highest BCUT2D eigenvalue weighted by atomic mass is 16.5. The summed E-state index contributed by atoms with van der Waals surface area (Å²) in [5, 5.41) is 25.4. The highest BCUT2D eigenvalue weighted by Crippen LogP contribution is 2.24. The first kappa shape index (κ1) is 26.2. The molecule has 0 aromatic heterocycles. The summed E-state index contributed by atoms with van der Waals surface area (Å²) < 4.78 is 15.7. The van der Waals surface area contributed by atoms with E-state index in [1.807, 2.05) is 24.3 Å². The number of benzene rings is 3. The minimum Gasteiger partial charge on any atom is -0.507 e. The first-order valence-corrected chi connectivity index (χ1v) is 11.4. The second-order valence-corrected chi connectivity index (χ2v) is 7.87. The van der Waals surface area contributed by atoms with E-state index in [-0.39, 0.29) is 34.4 Å². The fourth-order valence-electron chi connectivity index (χ4n) is 3.39. The molecule has 0 spiro atoms. The molecular weight excluding hydrogens is 464 g/mol. The van der Waals surface area contributed by atoms with E-state index >= 15 is 0 Å². The number of nitrogens with one attached hydrogen (secondary N) is 2. The van der Waals surface area contributed by atoms with Gasteiger partial charge in [0.2, 0.25) is 0 Å². The Hall–Kier alpha value is -4.40. The maximum Gasteiger partial charge on any atom is 0.255 e. The predicted molar refractivity (Wildman–Crippen MR) is 134 cm³/mol. The van der Waals surface area contributed by atoms with Gasteiger partial charge >= 0.3 is 0 Å². The molecule has 3 aromatic rings. The lowest BCUT2D eigenvalue weighted by Crippen LogP contribution is -2.25. The summed E-state index contributed by atoms with van der Waals surface area (Å²) in [6.45, 7) is 1.22. The van der Waals surface area contributed by atoms with Crippen molar-refractivity contribution in [1.29, 1.82) is 0 Å². The summed E-state index contributed by atoms with van der Waals surface area (Å²) >= 11 is 0. The molecule has 0 unspecified atom stereocenters. The Morgan fingerprint density at radius 3 is 1.72 bits per heavy atom. The molecule has 2 amide bonds. The molecule has 0 radical (unpaired) electrons. The van der Waals surface area contributed by atoms with Crippen molar-refractivity contribution in [3.05, 3.63) is 77.4 Å². The summed E-state index contributed by atoms with van der Waals surface area (Å²) in [5.41, 5.74) is 1.40. The maximum absolute atomic E-state index is 12.3. The summed E-state index contributed by atoms with van der Waals surface area (Å²) in [5.74, 6) is 0.656. The fraction of sp³-hybridized carbons (Fsp3) is 0.259. The van der Waals surface area contributed by atoms with Gasteiger partial charge in [0.1, 0.15) is 28.7 Å². The molecule has 0 aliphatic heterocycles. The van der Waals surface area contributed by atoms with Crippen molar-refractivity contribution in [2.24, 2.45) is 0 Å². The molecule has 3 rings (SSSR count). The summed E-state index contributed by atoms with van der Waals surface area (Å²) in [7, 11) is 2.97. The van der Waals surface area contributed by atoms with Crippen LogP contribution in [0.25, 0.3) is 0 Å². The number of phenolic OH excluding ortho intramolecular Hbond substituents is 2. The fourth-order valence-corrected chi connectivity index (χ4v) is 3.39. The van der Waals surface area contributed by atoms with Gasteiger partial charge in [0.25, 0.3) is 11.8 Å². The molecule has 9 heteroatoms. The Morgan fingerprint density at radius 2 is 1.22 bits per heavy atom. The number of rotatable bonds is 12. The molecule has 190 valence electrons. The van der Waals surface area contributed by atoms with Crippen molar-refractivity contribution >= 4 is 11.8 Å². The number of phenols is 2. The normalized spacial score (nSPS) is 10.4. The van der Waals surface area contributed by atoms with Crippen LogP contribution in [-0.4, -0.2) is 55.9 Å². The van der Waals surface area contributed by atoms with Gasteiger partial charge in [0, 0.05) is 25.2 Å². The lowest BCUT2D eigenvalue weighted by atomic mass is 10.1. The average Bonchev–Trinajstić information content (AvgIpc) is 2.88. The molecule has 0 saturated carbocycles. The molecule has 4 N–H and O–H groups in total. The maximum atomic E-state index is 12.3. The van der Waals surface area contributed by atoms with Gasteiger partial charge in [-0.25, -0.2) is 0 Å². The second-order valence-electron chi connectivity index (χ2n) is 7.87. The van der Waals surface area contributed by atoms with Crippen molar-refractivity contribution in [3.8, 4) is 28.7 Å². The largest absolute Gasteiger partial charge is 0.507 e. The lowest BCUT2D eigenvalue weighted by molar-refractivity contribution is 0.0941. The quantitative estimate of drug-likeness (QED) is 0.285. The average molecular weight is 495 g/mol. The zero-order chi connectivity index (χ0) is 25.9. The Bertz CT molecular complexity index is 1180. The Labute approximate surface area is 209 Å². The van der Waals surface area contributed by atoms with E-state index in [1.165, 1.54) is 38.5 Å². The van der Waals surface area contributed by atoms with Crippen molar-refractivity contribution in [1.82, 2.24) is 10.6 Å². The molecule has 3 aromatic carbocycles. The van der Waals surface area contributed by atoms with Gasteiger partial charge in [-0.2, -0.15) is 0 Å². The van der Waals surface area contributed by atoms with Crippen LogP contribution in [0.1, 0.15) is 32.7 Å². The van der Waals surface area contributed by atoms with Crippen LogP contribution in [-0.2, 0) is 6.42 Å². The van der Waals surface area contributed by atoms with Crippen LogP contribution in [0.2, 0.25) is 0 Å². The molecular formula is C27H30N2O7. The van der Waals surface area contributed by atoms with Crippen molar-refractivity contribution in [3.63, 3.8) is 0 Å². The first-order chi connectivity index (χ1) is 17.4. The number of ether oxygens (including phenoxy) is 3. The van der Waals surface area contributed by atoms with Crippen LogP contribution in [0.3, 0.4) is 0 Å². The topological polar surface area (TPSA) is 126 Å². The van der Waals surface area contributed by atoms with Gasteiger partial charge in [-0.05, 0) is 54.8 Å². The zero-order valence-corrected chi connectivity index (χ0v) is 20.2. The van der Waals surface area contributed by atoms with E-state index in [1.54, 1.807) is 12.1 Å². The van der Waals surface area contributed by atoms with Crippen LogP contribution >= 0.6 is 0 Å². The molecule has 0 saturated heterocycles. The number of hydrogen-bond donors (Lipinski definition) is 4. The number of carbonyl (C=O) groups is 2. The van der Waals surface area contributed by atoms with Crippen molar-refractivity contribution in [2.75, 3.05) is 33.9 Å². The predicted octanol–water partition coefficient (Wildman–Crippen LogP) is 3.29. The van der Waals surface area contributed by atoms with Crippen LogP contribution < -0.4 is 24.8 Å². The van der Waals surface area contributed by atoms with E-state index < -0.39 is 0 Å². The van der Waals surface area contributed by atoms with Gasteiger partial charge in [-0.15, -0.1) is 0 Å². The smallest absolute Gasteiger partial charge is 0.255 e. The van der Waals surface area contributed by atoms with E-state index in [4.69, 9.17) is 14.2 Å². The third-order valence-electron chi connectivity index (χ3n) is 5.40. The van der Waals surface area contributed by atoms with Gasteiger partial charge in [-0.3, -0.25) is 9.59 Å². The monoisotopic (exact) mass is 494 g/mol. The summed E-state index contributed by atoms with van der Waals surface area (Å²) in [6, 6.07) is 16.6. The minimum absolute atomic E-state index is 0.133. The summed E-state index contributed by atoms with van der Waals surface area (Å²) in [4.78, 5) is 24.5. The molecule has 0 fully saturated rings. The first-order valence-electron chi connectivity index (χ1n) is 11.4. The van der Waals surface area contributed by atoms with Crippen LogP contribution in [0.15, 0.2) is 60.7 Å². The van der Waals surface area contributed by atoms with E-state index in [0.717, 1.165) is 5.56 Å². The number of methoxy groups -OCH3 is 2. The Kier molecular flexibility index (Phi) is 9.39. The minimum atomic E-state index is -0.367. The molecule has 0 heterocycles. The number of hydrogen-bond acceptors (Lipinski definition) is 7. The lowest BCUT2D eigenvalue weighted by Gasteiger charge is -2.10. The van der Waals surface area contributed by atoms with Gasteiger partial charge < -0.3 is 35.1 Å². The van der Waals surface area contributed by atoms with E-state index in [2.05, 4.69) is 10.6 Å². The zero-order valence-electron chi connectivity index (χ0n) is 20.2. The number of carbonyl (C=O) groups excluding carboxylic acids is 2. The molecule has 0 bridgehead atoms. The highest BCUT2D eigenvalue weighted by Gasteiger charge is 2.12. The highest BCUT2D eigenvalue weighted by molar-refractivity contribution is 5.97. The Morgan fingerprint density at radius 1 is 0.722 bits per heavy atom. The van der Waals surface area contributed by atoms with E-state index in [9.17, 15) is 19.8 Å². The van der Waals surface area contributed by atoms with Crippen LogP contribution in [0, 0.1) is 0 Å². The number of aromatic hydroxyl groups is 2. The van der Waals surface area contributed by atoms with Crippen LogP contribution in [0.5, 0.6) is 28.7 Å². The Balaban J connectivity index is 1.35. The third kappa shape index (κ3) is 7.30. The van der Waals surface area contributed by atoms with Gasteiger partial charge in [0.05, 0.1) is 32.0 Å². The summed E-state index contributed by atoms with van der Waals surface area (Å²) in [6.07, 6.45) is 1.21. The van der Waals surface area contributed by atoms with E-state index in [0.29, 0.717) is 49.8 Å². The molecule has 9 nitrogen and oxygen atoms in total. The van der Waals surface area contributed by atoms with Crippen LogP contribution in [0.4, 0.5) is 0 Å². The van der Waals surface area contributed by atoms with Gasteiger partial charge in [0.15, 0.2) is 0 Å².